The van der Waals surface area contributed by atoms with Crippen LogP contribution < -0.4 is 0 Å². The Bertz CT molecular complexity index is 342. The van der Waals surface area contributed by atoms with Gasteiger partial charge in [-0.3, -0.25) is 0 Å². The van der Waals surface area contributed by atoms with Crippen LogP contribution in [0.25, 0.3) is 0 Å². The van der Waals surface area contributed by atoms with Gasteiger partial charge in [-0.25, -0.2) is 9.67 Å². The van der Waals surface area contributed by atoms with Gasteiger partial charge < -0.3 is 4.90 Å². The first kappa shape index (κ1) is 10.3. The first-order valence-electron chi connectivity index (χ1n) is 6.53. The molecule has 2 heterocycles. The van der Waals surface area contributed by atoms with Gasteiger partial charge in [0.1, 0.15) is 5.82 Å². The van der Waals surface area contributed by atoms with Crippen LogP contribution in [0.15, 0.2) is 0 Å². The topological polar surface area (TPSA) is 34.0 Å². The zero-order chi connectivity index (χ0) is 11.0. The zero-order valence-corrected chi connectivity index (χ0v) is 10.0. The molecule has 0 aromatic carbocycles. The summed E-state index contributed by atoms with van der Waals surface area (Å²) in [5, 5.41) is 4.65. The summed E-state index contributed by atoms with van der Waals surface area (Å²) in [6.07, 6.45) is 4.90. The molecule has 4 nitrogen and oxygen atoms in total. The van der Waals surface area contributed by atoms with Crippen molar-refractivity contribution in [2.75, 3.05) is 19.6 Å². The molecule has 4 heteroatoms. The van der Waals surface area contributed by atoms with Crippen LogP contribution in [-0.2, 0) is 13.0 Å². The lowest BCUT2D eigenvalue weighted by molar-refractivity contribution is 0.277. The molecule has 16 heavy (non-hydrogen) atoms. The molecule has 3 rings (SSSR count). The first-order valence-corrected chi connectivity index (χ1v) is 6.53. The zero-order valence-electron chi connectivity index (χ0n) is 10.0. The monoisotopic (exact) mass is 220 g/mol. The lowest BCUT2D eigenvalue weighted by Crippen LogP contribution is -2.27. The average Bonchev–Trinajstić information content (AvgIpc) is 3.07. The third kappa shape index (κ3) is 1.98. The number of hydrogen-bond donors (Lipinski definition) is 0. The Morgan fingerprint density at radius 2 is 2.12 bits per heavy atom. The van der Waals surface area contributed by atoms with E-state index in [0.29, 0.717) is 5.92 Å². The molecule has 0 radical (unpaired) electrons. The fourth-order valence-electron chi connectivity index (χ4n) is 2.42. The van der Waals surface area contributed by atoms with E-state index in [0.717, 1.165) is 31.9 Å². The highest BCUT2D eigenvalue weighted by Crippen LogP contribution is 2.38. The minimum absolute atomic E-state index is 0.686. The predicted molar refractivity (Wildman–Crippen MR) is 62.4 cm³/mol. The molecular formula is C12H20N4. The number of fused-ring (bicyclic) bond motifs is 1. The van der Waals surface area contributed by atoms with Crippen LogP contribution in [0.3, 0.4) is 0 Å². The van der Waals surface area contributed by atoms with Gasteiger partial charge in [0, 0.05) is 25.4 Å². The average molecular weight is 220 g/mol. The molecule has 1 aliphatic heterocycles. The molecule has 1 saturated carbocycles. The van der Waals surface area contributed by atoms with E-state index in [2.05, 4.69) is 21.6 Å². The van der Waals surface area contributed by atoms with Crippen molar-refractivity contribution in [3.8, 4) is 0 Å². The van der Waals surface area contributed by atoms with Crippen molar-refractivity contribution < 1.29 is 0 Å². The maximum Gasteiger partial charge on any atom is 0.154 e. The van der Waals surface area contributed by atoms with E-state index in [1.165, 1.54) is 31.6 Å². The molecule has 0 bridgehead atoms. The molecule has 1 aliphatic carbocycles. The second-order valence-corrected chi connectivity index (χ2v) is 4.98. The van der Waals surface area contributed by atoms with Gasteiger partial charge >= 0.3 is 0 Å². The lowest BCUT2D eigenvalue weighted by atomic mass is 10.3. The number of rotatable bonds is 3. The Labute approximate surface area is 96.7 Å². The van der Waals surface area contributed by atoms with Crippen molar-refractivity contribution in [1.29, 1.82) is 0 Å². The molecule has 1 fully saturated rings. The normalized spacial score (nSPS) is 21.8. The van der Waals surface area contributed by atoms with E-state index in [4.69, 9.17) is 4.98 Å². The molecule has 0 spiro atoms. The van der Waals surface area contributed by atoms with Gasteiger partial charge in [-0.2, -0.15) is 5.10 Å². The predicted octanol–water partition coefficient (Wildman–Crippen LogP) is 1.42. The fraction of sp³-hybridized carbons (Fsp3) is 0.833. The summed E-state index contributed by atoms with van der Waals surface area (Å²) >= 11 is 0. The van der Waals surface area contributed by atoms with E-state index in [1.807, 2.05) is 0 Å². The summed E-state index contributed by atoms with van der Waals surface area (Å²) in [4.78, 5) is 7.21. The summed E-state index contributed by atoms with van der Waals surface area (Å²) in [6, 6.07) is 0. The third-order valence-electron chi connectivity index (χ3n) is 3.53. The molecule has 0 amide bonds. The van der Waals surface area contributed by atoms with Gasteiger partial charge in [0.2, 0.25) is 0 Å². The Balaban J connectivity index is 1.71. The second kappa shape index (κ2) is 4.17. The van der Waals surface area contributed by atoms with Crippen molar-refractivity contribution in [2.45, 2.75) is 45.1 Å². The summed E-state index contributed by atoms with van der Waals surface area (Å²) in [6.45, 7) is 6.76. The summed E-state index contributed by atoms with van der Waals surface area (Å²) < 4.78 is 2.14. The van der Waals surface area contributed by atoms with Gasteiger partial charge in [-0.15, -0.1) is 0 Å². The van der Waals surface area contributed by atoms with E-state index in [9.17, 15) is 0 Å². The van der Waals surface area contributed by atoms with Crippen LogP contribution in [0.2, 0.25) is 0 Å². The van der Waals surface area contributed by atoms with E-state index in [-0.39, 0.29) is 0 Å². The standard InChI is InChI=1S/C12H20N4/c1-2-6-15-7-5-11-13-12(10-3-4-10)14-16(11)9-8-15/h10H,2-9H2,1H3. The van der Waals surface area contributed by atoms with Crippen LogP contribution >= 0.6 is 0 Å². The van der Waals surface area contributed by atoms with Crippen LogP contribution in [0.1, 0.15) is 43.8 Å². The Hall–Kier alpha value is -0.900. The molecule has 1 aromatic heterocycles. The maximum absolute atomic E-state index is 4.69. The molecule has 0 unspecified atom stereocenters. The molecule has 88 valence electrons. The Morgan fingerprint density at radius 1 is 1.25 bits per heavy atom. The molecule has 0 atom stereocenters. The van der Waals surface area contributed by atoms with Gasteiger partial charge in [0.25, 0.3) is 0 Å². The number of aromatic nitrogens is 3. The minimum atomic E-state index is 0.686. The first-order chi connectivity index (χ1) is 7.86. The van der Waals surface area contributed by atoms with Crippen LogP contribution in [0.5, 0.6) is 0 Å². The Morgan fingerprint density at radius 3 is 2.88 bits per heavy atom. The largest absolute Gasteiger partial charge is 0.301 e. The van der Waals surface area contributed by atoms with E-state index in [1.54, 1.807) is 0 Å². The van der Waals surface area contributed by atoms with Crippen LogP contribution in [-0.4, -0.2) is 39.3 Å². The fourth-order valence-corrected chi connectivity index (χ4v) is 2.42. The maximum atomic E-state index is 4.69. The molecule has 0 N–H and O–H groups in total. The van der Waals surface area contributed by atoms with Crippen molar-refractivity contribution in [3.05, 3.63) is 11.6 Å². The van der Waals surface area contributed by atoms with Crippen LogP contribution in [0, 0.1) is 0 Å². The van der Waals surface area contributed by atoms with Crippen molar-refractivity contribution in [3.63, 3.8) is 0 Å². The molecule has 1 aromatic rings. The van der Waals surface area contributed by atoms with Crippen molar-refractivity contribution >= 4 is 0 Å². The van der Waals surface area contributed by atoms with Gasteiger partial charge in [0.05, 0.1) is 6.54 Å². The summed E-state index contributed by atoms with van der Waals surface area (Å²) in [5.41, 5.74) is 0. The summed E-state index contributed by atoms with van der Waals surface area (Å²) in [7, 11) is 0. The minimum Gasteiger partial charge on any atom is -0.301 e. The molecule has 0 saturated heterocycles. The van der Waals surface area contributed by atoms with E-state index < -0.39 is 0 Å². The van der Waals surface area contributed by atoms with Gasteiger partial charge in [-0.05, 0) is 25.8 Å². The van der Waals surface area contributed by atoms with Gasteiger partial charge in [0.15, 0.2) is 5.82 Å². The second-order valence-electron chi connectivity index (χ2n) is 4.98. The highest BCUT2D eigenvalue weighted by Gasteiger charge is 2.29. The van der Waals surface area contributed by atoms with Crippen LogP contribution in [0.4, 0.5) is 0 Å². The molecular weight excluding hydrogens is 200 g/mol. The van der Waals surface area contributed by atoms with Gasteiger partial charge in [-0.1, -0.05) is 6.92 Å². The van der Waals surface area contributed by atoms with Crippen molar-refractivity contribution in [2.24, 2.45) is 0 Å². The highest BCUT2D eigenvalue weighted by molar-refractivity contribution is 5.07. The summed E-state index contributed by atoms with van der Waals surface area (Å²) in [5.74, 6) is 3.01. The lowest BCUT2D eigenvalue weighted by Gasteiger charge is -2.17. The molecule has 2 aliphatic rings. The van der Waals surface area contributed by atoms with Crippen molar-refractivity contribution in [1.82, 2.24) is 19.7 Å². The SMILES string of the molecule is CCCN1CCc2nc(C3CC3)nn2CC1. The number of hydrogen-bond acceptors (Lipinski definition) is 3. The smallest absolute Gasteiger partial charge is 0.154 e. The Kier molecular flexibility index (Phi) is 2.67. The quantitative estimate of drug-likeness (QED) is 0.772. The van der Waals surface area contributed by atoms with E-state index >= 15 is 0 Å². The third-order valence-corrected chi connectivity index (χ3v) is 3.53. The number of nitrogens with zero attached hydrogens (tertiary/aromatic N) is 4. The highest BCUT2D eigenvalue weighted by atomic mass is 15.4.